The summed E-state index contributed by atoms with van der Waals surface area (Å²) in [6.07, 6.45) is 5.89. The molecule has 1 atom stereocenters. The molecule has 1 amide bonds. The van der Waals surface area contributed by atoms with Crippen molar-refractivity contribution in [3.8, 4) is 11.1 Å². The zero-order chi connectivity index (χ0) is 20.7. The number of rotatable bonds is 6. The molecule has 0 radical (unpaired) electrons. The molecule has 0 aromatic heterocycles. The summed E-state index contributed by atoms with van der Waals surface area (Å²) in [6, 6.07) is 15.4. The number of carbonyl (C=O) groups is 2. The van der Waals surface area contributed by atoms with Gasteiger partial charge in [-0.1, -0.05) is 55.0 Å². The Morgan fingerprint density at radius 1 is 1.03 bits per heavy atom. The van der Waals surface area contributed by atoms with E-state index in [0.29, 0.717) is 17.8 Å². The van der Waals surface area contributed by atoms with Gasteiger partial charge in [0.2, 0.25) is 0 Å². The van der Waals surface area contributed by atoms with Gasteiger partial charge in [-0.15, -0.1) is 0 Å². The van der Waals surface area contributed by atoms with Gasteiger partial charge in [-0.05, 0) is 65.7 Å². The number of carboxylic acids is 1. The van der Waals surface area contributed by atoms with Crippen molar-refractivity contribution in [3.05, 3.63) is 59.7 Å². The normalized spacial score (nSPS) is 19.9. The fourth-order valence-electron chi connectivity index (χ4n) is 5.75. The predicted octanol–water partition coefficient (Wildman–Crippen LogP) is 4.95. The molecule has 2 aromatic carbocycles. The van der Waals surface area contributed by atoms with Crippen LogP contribution in [0, 0.1) is 11.3 Å². The lowest BCUT2D eigenvalue weighted by Crippen LogP contribution is -2.48. The zero-order valence-electron chi connectivity index (χ0n) is 17.0. The third kappa shape index (κ3) is 3.36. The molecule has 5 rings (SSSR count). The van der Waals surface area contributed by atoms with Gasteiger partial charge in [-0.2, -0.15) is 0 Å². The van der Waals surface area contributed by atoms with Crippen LogP contribution in [-0.2, 0) is 9.53 Å². The molecule has 0 aliphatic heterocycles. The van der Waals surface area contributed by atoms with Crippen LogP contribution in [0.3, 0.4) is 0 Å². The zero-order valence-corrected chi connectivity index (χ0v) is 17.0. The van der Waals surface area contributed by atoms with Crippen molar-refractivity contribution in [1.29, 1.82) is 0 Å². The average molecular weight is 405 g/mol. The number of aliphatic carboxylic acids is 1. The Bertz CT molecular complexity index is 927. The number of alkyl carbamates (subject to hydrolysis) is 1. The Morgan fingerprint density at radius 3 is 2.17 bits per heavy atom. The highest BCUT2D eigenvalue weighted by atomic mass is 16.5. The fourth-order valence-corrected chi connectivity index (χ4v) is 5.75. The first-order valence-corrected chi connectivity index (χ1v) is 10.9. The molecular weight excluding hydrogens is 378 g/mol. The summed E-state index contributed by atoms with van der Waals surface area (Å²) in [6.45, 7) is 0.193. The SMILES string of the molecule is O=C(N[C@H](CC1CC2(CCC2)C1)C(=O)O)OCC1c2ccccc2-c2ccccc21. The molecule has 0 bridgehead atoms. The summed E-state index contributed by atoms with van der Waals surface area (Å²) < 4.78 is 5.51. The second-order valence-electron chi connectivity index (χ2n) is 9.22. The van der Waals surface area contributed by atoms with Crippen molar-refractivity contribution in [1.82, 2.24) is 5.32 Å². The first-order valence-electron chi connectivity index (χ1n) is 10.9. The van der Waals surface area contributed by atoms with E-state index in [1.165, 1.54) is 30.4 Å². The van der Waals surface area contributed by atoms with Crippen molar-refractivity contribution in [2.45, 2.75) is 50.5 Å². The summed E-state index contributed by atoms with van der Waals surface area (Å²) in [7, 11) is 0. The van der Waals surface area contributed by atoms with E-state index in [1.807, 2.05) is 24.3 Å². The van der Waals surface area contributed by atoms with Crippen molar-refractivity contribution >= 4 is 12.1 Å². The molecule has 0 unspecified atom stereocenters. The van der Waals surface area contributed by atoms with E-state index in [4.69, 9.17) is 4.74 Å². The van der Waals surface area contributed by atoms with Crippen molar-refractivity contribution in [2.75, 3.05) is 6.61 Å². The summed E-state index contributed by atoms with van der Waals surface area (Å²) in [4.78, 5) is 24.1. The molecule has 5 heteroatoms. The molecule has 2 fully saturated rings. The van der Waals surface area contributed by atoms with Crippen molar-refractivity contribution < 1.29 is 19.4 Å². The number of benzene rings is 2. The van der Waals surface area contributed by atoms with E-state index < -0.39 is 18.1 Å². The van der Waals surface area contributed by atoms with Gasteiger partial charge in [-0.25, -0.2) is 9.59 Å². The third-order valence-corrected chi connectivity index (χ3v) is 7.36. The molecule has 2 N–H and O–H groups in total. The van der Waals surface area contributed by atoms with Crippen LogP contribution in [-0.4, -0.2) is 29.8 Å². The van der Waals surface area contributed by atoms with E-state index in [9.17, 15) is 14.7 Å². The van der Waals surface area contributed by atoms with Gasteiger partial charge < -0.3 is 15.2 Å². The first-order chi connectivity index (χ1) is 14.5. The molecule has 1 spiro atoms. The largest absolute Gasteiger partial charge is 0.480 e. The molecule has 5 nitrogen and oxygen atoms in total. The maximum atomic E-state index is 12.4. The highest BCUT2D eigenvalue weighted by Crippen LogP contribution is 2.59. The predicted molar refractivity (Wildman–Crippen MR) is 113 cm³/mol. The molecule has 2 saturated carbocycles. The summed E-state index contributed by atoms with van der Waals surface area (Å²) in [5.74, 6) is -0.630. The van der Waals surface area contributed by atoms with Crippen LogP contribution < -0.4 is 5.32 Å². The van der Waals surface area contributed by atoms with Crippen molar-refractivity contribution in [3.63, 3.8) is 0 Å². The fraction of sp³-hybridized carbons (Fsp3) is 0.440. The molecule has 3 aliphatic rings. The lowest BCUT2D eigenvalue weighted by Gasteiger charge is -2.54. The van der Waals surface area contributed by atoms with Gasteiger partial charge in [0.25, 0.3) is 0 Å². The maximum Gasteiger partial charge on any atom is 0.407 e. The summed E-state index contributed by atoms with van der Waals surface area (Å²) in [5, 5.41) is 12.2. The van der Waals surface area contributed by atoms with E-state index >= 15 is 0 Å². The number of nitrogens with one attached hydrogen (secondary N) is 1. The maximum absolute atomic E-state index is 12.4. The second kappa shape index (κ2) is 7.46. The lowest BCUT2D eigenvalue weighted by atomic mass is 9.51. The van der Waals surface area contributed by atoms with Crippen LogP contribution in [0.2, 0.25) is 0 Å². The van der Waals surface area contributed by atoms with E-state index in [2.05, 4.69) is 29.6 Å². The van der Waals surface area contributed by atoms with Crippen LogP contribution in [0.15, 0.2) is 48.5 Å². The number of hydrogen-bond acceptors (Lipinski definition) is 3. The monoisotopic (exact) mass is 405 g/mol. The van der Waals surface area contributed by atoms with Crippen LogP contribution in [0.5, 0.6) is 0 Å². The topological polar surface area (TPSA) is 75.6 Å². The number of hydrogen-bond donors (Lipinski definition) is 2. The molecule has 3 aliphatic carbocycles. The Kier molecular flexibility index (Phi) is 4.76. The molecule has 30 heavy (non-hydrogen) atoms. The van der Waals surface area contributed by atoms with Gasteiger partial charge in [0.15, 0.2) is 0 Å². The summed E-state index contributed by atoms with van der Waals surface area (Å²) in [5.41, 5.74) is 5.11. The highest BCUT2D eigenvalue weighted by Gasteiger charge is 2.48. The van der Waals surface area contributed by atoms with E-state index in [0.717, 1.165) is 24.0 Å². The smallest absolute Gasteiger partial charge is 0.407 e. The minimum absolute atomic E-state index is 0.0310. The number of fused-ring (bicyclic) bond motifs is 3. The van der Waals surface area contributed by atoms with Crippen LogP contribution in [0.1, 0.15) is 55.6 Å². The first kappa shape index (κ1) is 19.2. The van der Waals surface area contributed by atoms with Crippen LogP contribution in [0.25, 0.3) is 11.1 Å². The van der Waals surface area contributed by atoms with Crippen molar-refractivity contribution in [2.24, 2.45) is 11.3 Å². The minimum Gasteiger partial charge on any atom is -0.480 e. The number of carbonyl (C=O) groups excluding carboxylic acids is 1. The Labute approximate surface area is 176 Å². The molecule has 156 valence electrons. The Hall–Kier alpha value is -2.82. The quantitative estimate of drug-likeness (QED) is 0.713. The average Bonchev–Trinajstić information content (AvgIpc) is 3.00. The molecule has 2 aromatic rings. The van der Waals surface area contributed by atoms with Gasteiger partial charge in [0, 0.05) is 5.92 Å². The highest BCUT2D eigenvalue weighted by molar-refractivity contribution is 5.81. The second-order valence-corrected chi connectivity index (χ2v) is 9.22. The van der Waals surface area contributed by atoms with Gasteiger partial charge in [0.1, 0.15) is 12.6 Å². The van der Waals surface area contributed by atoms with Gasteiger partial charge in [0.05, 0.1) is 0 Å². The lowest BCUT2D eigenvalue weighted by molar-refractivity contribution is -0.141. The van der Waals surface area contributed by atoms with E-state index in [-0.39, 0.29) is 12.5 Å². The summed E-state index contributed by atoms with van der Waals surface area (Å²) >= 11 is 0. The Morgan fingerprint density at radius 2 is 1.63 bits per heavy atom. The minimum atomic E-state index is -0.988. The number of carboxylic acid groups (broad SMARTS) is 1. The molecule has 0 heterocycles. The Balaban J connectivity index is 1.20. The number of amides is 1. The molecular formula is C25H27NO4. The molecule has 0 saturated heterocycles. The van der Waals surface area contributed by atoms with Gasteiger partial charge in [-0.3, -0.25) is 0 Å². The van der Waals surface area contributed by atoms with Crippen LogP contribution in [0.4, 0.5) is 4.79 Å². The van der Waals surface area contributed by atoms with Crippen LogP contribution >= 0.6 is 0 Å². The van der Waals surface area contributed by atoms with Gasteiger partial charge >= 0.3 is 12.1 Å². The van der Waals surface area contributed by atoms with E-state index in [1.54, 1.807) is 0 Å². The number of ether oxygens (including phenoxy) is 1. The third-order valence-electron chi connectivity index (χ3n) is 7.36. The standard InChI is InChI=1S/C25H27NO4/c27-23(28)22(12-16-13-25(14-16)10-5-11-25)26-24(29)30-15-21-19-8-3-1-6-17(19)18-7-2-4-9-20(18)21/h1-4,6-9,16,21-22H,5,10-15H2,(H,26,29)(H,27,28)/t22-/m1/s1.